The molecule has 0 spiro atoms. The van der Waals surface area contributed by atoms with Gasteiger partial charge in [-0.15, -0.1) is 0 Å². The van der Waals surface area contributed by atoms with Crippen molar-refractivity contribution in [1.82, 2.24) is 34.1 Å². The second kappa shape index (κ2) is 16.3. The predicted octanol–water partition coefficient (Wildman–Crippen LogP) is 14.9. The minimum atomic E-state index is 0.555. The molecule has 0 saturated heterocycles. The summed E-state index contributed by atoms with van der Waals surface area (Å²) in [5, 5.41) is 4.57. The van der Waals surface area contributed by atoms with Gasteiger partial charge in [0.15, 0.2) is 17.5 Å². The van der Waals surface area contributed by atoms with Crippen LogP contribution in [0.1, 0.15) is 0 Å². The number of rotatable bonds is 8. The van der Waals surface area contributed by atoms with Gasteiger partial charge in [-0.2, -0.15) is 9.97 Å². The lowest BCUT2D eigenvalue weighted by Crippen LogP contribution is -2.06. The molecule has 0 amide bonds. The molecule has 0 unspecified atom stereocenters. The van der Waals surface area contributed by atoms with E-state index in [2.05, 4.69) is 161 Å². The maximum atomic E-state index is 5.20. The number of aromatic nitrogens is 7. The molecule has 13 aromatic rings. The van der Waals surface area contributed by atoms with E-state index < -0.39 is 0 Å². The number of para-hydroxylation sites is 2. The molecule has 0 fully saturated rings. The topological polar surface area (TPSA) is 74.3 Å². The third kappa shape index (κ3) is 6.80. The molecule has 0 radical (unpaired) electrons. The molecule has 4 heterocycles. The molecule has 7 nitrogen and oxygen atoms in total. The Hall–Kier alpha value is -9.33. The van der Waals surface area contributed by atoms with Crippen LogP contribution in [0.5, 0.6) is 0 Å². The first kappa shape index (κ1) is 39.1. The SMILES string of the molecule is c1ccc(-c2ccc(-c3cc(-c4ccccc4)nc(-c4ccc(-n5c6ccccc6c6cc7c8ccccc8n(-c8nc(-c9ccccc9)nc(-c9ccccc9)n8)c7cc65)cc4)n3)cc2)cc1. The molecule has 0 atom stereocenters. The van der Waals surface area contributed by atoms with Gasteiger partial charge in [0.2, 0.25) is 5.95 Å². The fourth-order valence-electron chi connectivity index (χ4n) is 9.53. The minimum Gasteiger partial charge on any atom is -0.309 e. The van der Waals surface area contributed by atoms with Crippen LogP contribution >= 0.6 is 0 Å². The second-order valence-electron chi connectivity index (χ2n) is 16.9. The van der Waals surface area contributed by atoms with Crippen molar-refractivity contribution >= 4 is 43.6 Å². The summed E-state index contributed by atoms with van der Waals surface area (Å²) in [7, 11) is 0. The Bertz CT molecular complexity index is 3920. The van der Waals surface area contributed by atoms with Gasteiger partial charge in [-0.3, -0.25) is 4.57 Å². The van der Waals surface area contributed by atoms with Crippen LogP contribution in [0, 0.1) is 0 Å². The summed E-state index contributed by atoms with van der Waals surface area (Å²) >= 11 is 0. The summed E-state index contributed by atoms with van der Waals surface area (Å²) in [6.07, 6.45) is 0. The molecule has 0 aliphatic rings. The van der Waals surface area contributed by atoms with Crippen LogP contribution in [0.4, 0.5) is 0 Å². The smallest absolute Gasteiger partial charge is 0.238 e. The summed E-state index contributed by atoms with van der Waals surface area (Å²) in [4.78, 5) is 25.8. The summed E-state index contributed by atoms with van der Waals surface area (Å²) in [6.45, 7) is 0. The molecule has 318 valence electrons. The van der Waals surface area contributed by atoms with Crippen LogP contribution in [-0.4, -0.2) is 34.1 Å². The lowest BCUT2D eigenvalue weighted by Gasteiger charge is -2.12. The monoisotopic (exact) mass is 869 g/mol. The van der Waals surface area contributed by atoms with Crippen molar-refractivity contribution in [3.05, 3.63) is 237 Å². The number of nitrogens with zero attached hydrogens (tertiary/aromatic N) is 7. The van der Waals surface area contributed by atoms with Gasteiger partial charge in [0.25, 0.3) is 0 Å². The van der Waals surface area contributed by atoms with Gasteiger partial charge in [0.05, 0.1) is 33.5 Å². The molecule has 0 saturated carbocycles. The Balaban J connectivity index is 0.969. The lowest BCUT2D eigenvalue weighted by atomic mass is 10.0. The standard InChI is InChI=1S/C61H39N7/c1-5-17-40(18-6-1)41-29-31-43(32-30-41)53-38-52(42-19-7-2-8-20-42)62-58(63-53)46-33-35-47(36-34-46)67-54-27-15-13-25-48(54)50-37-51-49-26-14-16-28-55(49)68(57(51)39-56(50)67)61-65-59(44-21-9-3-10-22-44)64-60(66-61)45-23-11-4-12-24-45/h1-39H. The minimum absolute atomic E-state index is 0.555. The quantitative estimate of drug-likeness (QED) is 0.152. The zero-order valence-electron chi connectivity index (χ0n) is 36.6. The Morgan fingerprint density at radius 2 is 0.618 bits per heavy atom. The van der Waals surface area contributed by atoms with E-state index in [1.807, 2.05) is 84.9 Å². The van der Waals surface area contributed by atoms with Crippen molar-refractivity contribution in [2.75, 3.05) is 0 Å². The first-order chi connectivity index (χ1) is 33.7. The molecule has 7 heteroatoms. The average Bonchev–Trinajstić information content (AvgIpc) is 3.93. The van der Waals surface area contributed by atoms with Crippen LogP contribution < -0.4 is 0 Å². The summed E-state index contributed by atoms with van der Waals surface area (Å²) in [5.41, 5.74) is 14.1. The third-order valence-electron chi connectivity index (χ3n) is 12.8. The highest BCUT2D eigenvalue weighted by Gasteiger charge is 2.21. The van der Waals surface area contributed by atoms with Gasteiger partial charge in [-0.1, -0.05) is 182 Å². The summed E-state index contributed by atoms with van der Waals surface area (Å²) in [6, 6.07) is 82.2. The molecule has 0 bridgehead atoms. The van der Waals surface area contributed by atoms with Crippen molar-refractivity contribution in [3.8, 4) is 79.4 Å². The van der Waals surface area contributed by atoms with Crippen molar-refractivity contribution in [2.45, 2.75) is 0 Å². The number of fused-ring (bicyclic) bond motifs is 6. The van der Waals surface area contributed by atoms with Gasteiger partial charge in [0, 0.05) is 55.0 Å². The molecular weight excluding hydrogens is 831 g/mol. The second-order valence-corrected chi connectivity index (χ2v) is 16.9. The highest BCUT2D eigenvalue weighted by Crippen LogP contribution is 2.40. The van der Waals surface area contributed by atoms with Crippen molar-refractivity contribution in [3.63, 3.8) is 0 Å². The van der Waals surface area contributed by atoms with Crippen LogP contribution in [0.25, 0.3) is 123 Å². The van der Waals surface area contributed by atoms with E-state index in [-0.39, 0.29) is 0 Å². The van der Waals surface area contributed by atoms with E-state index in [9.17, 15) is 0 Å². The maximum absolute atomic E-state index is 5.20. The highest BCUT2D eigenvalue weighted by atomic mass is 15.2. The molecule has 0 N–H and O–H groups in total. The van der Waals surface area contributed by atoms with E-state index in [1.165, 1.54) is 10.9 Å². The van der Waals surface area contributed by atoms with E-state index in [4.69, 9.17) is 24.9 Å². The zero-order valence-corrected chi connectivity index (χ0v) is 36.6. The van der Waals surface area contributed by atoms with Gasteiger partial charge in [0.1, 0.15) is 0 Å². The molecule has 68 heavy (non-hydrogen) atoms. The van der Waals surface area contributed by atoms with E-state index >= 15 is 0 Å². The van der Waals surface area contributed by atoms with Crippen molar-refractivity contribution in [2.24, 2.45) is 0 Å². The van der Waals surface area contributed by atoms with Crippen LogP contribution in [-0.2, 0) is 0 Å². The van der Waals surface area contributed by atoms with E-state index in [1.54, 1.807) is 0 Å². The number of hydrogen-bond acceptors (Lipinski definition) is 5. The fraction of sp³-hybridized carbons (Fsp3) is 0. The normalized spacial score (nSPS) is 11.5. The van der Waals surface area contributed by atoms with Crippen LogP contribution in [0.15, 0.2) is 237 Å². The first-order valence-electron chi connectivity index (χ1n) is 22.7. The van der Waals surface area contributed by atoms with E-state index in [0.717, 1.165) is 88.7 Å². The van der Waals surface area contributed by atoms with Crippen molar-refractivity contribution < 1.29 is 0 Å². The molecule has 9 aromatic carbocycles. The Morgan fingerprint density at radius 3 is 1.18 bits per heavy atom. The highest BCUT2D eigenvalue weighted by molar-refractivity contribution is 6.19. The van der Waals surface area contributed by atoms with Gasteiger partial charge in [-0.05, 0) is 65.7 Å². The summed E-state index contributed by atoms with van der Waals surface area (Å²) < 4.78 is 4.55. The van der Waals surface area contributed by atoms with Gasteiger partial charge in [-0.25, -0.2) is 15.0 Å². The molecule has 0 aliphatic heterocycles. The zero-order chi connectivity index (χ0) is 45.0. The Kier molecular flexibility index (Phi) is 9.35. The van der Waals surface area contributed by atoms with Gasteiger partial charge >= 0.3 is 0 Å². The number of benzene rings is 9. The number of hydrogen-bond donors (Lipinski definition) is 0. The summed E-state index contributed by atoms with van der Waals surface area (Å²) in [5.74, 6) is 2.44. The Labute approximate surface area is 392 Å². The molecule has 0 aliphatic carbocycles. The van der Waals surface area contributed by atoms with Gasteiger partial charge < -0.3 is 4.57 Å². The Morgan fingerprint density at radius 1 is 0.235 bits per heavy atom. The third-order valence-corrected chi connectivity index (χ3v) is 12.8. The van der Waals surface area contributed by atoms with Crippen LogP contribution in [0.2, 0.25) is 0 Å². The first-order valence-corrected chi connectivity index (χ1v) is 22.7. The van der Waals surface area contributed by atoms with Crippen LogP contribution in [0.3, 0.4) is 0 Å². The van der Waals surface area contributed by atoms with Crippen molar-refractivity contribution in [1.29, 1.82) is 0 Å². The lowest BCUT2D eigenvalue weighted by molar-refractivity contribution is 0.953. The maximum Gasteiger partial charge on any atom is 0.238 e. The predicted molar refractivity (Wildman–Crippen MR) is 277 cm³/mol. The largest absolute Gasteiger partial charge is 0.309 e. The molecule has 13 rings (SSSR count). The molecular formula is C61H39N7. The molecule has 4 aromatic heterocycles. The van der Waals surface area contributed by atoms with E-state index in [0.29, 0.717) is 23.4 Å². The fourth-order valence-corrected chi connectivity index (χ4v) is 9.53. The average molecular weight is 870 g/mol.